The monoisotopic (exact) mass is 417 g/mol. The van der Waals surface area contributed by atoms with Crippen LogP contribution in [0.1, 0.15) is 6.42 Å². The molecule has 3 aromatic rings. The number of aromatic nitrogens is 2. The highest BCUT2D eigenvalue weighted by atomic mass is 35.5. The van der Waals surface area contributed by atoms with Gasteiger partial charge >= 0.3 is 0 Å². The lowest BCUT2D eigenvalue weighted by atomic mass is 10.1. The first-order valence-electron chi connectivity index (χ1n) is 9.00. The van der Waals surface area contributed by atoms with Crippen molar-refractivity contribution in [3.05, 3.63) is 64.4 Å². The van der Waals surface area contributed by atoms with E-state index in [9.17, 15) is 0 Å². The summed E-state index contributed by atoms with van der Waals surface area (Å²) in [6.07, 6.45) is 2.75. The minimum atomic E-state index is 0.479. The number of anilines is 1. The van der Waals surface area contributed by atoms with Crippen molar-refractivity contribution in [2.45, 2.75) is 6.42 Å². The quantitative estimate of drug-likeness (QED) is 0.421. The lowest BCUT2D eigenvalue weighted by Crippen LogP contribution is -2.54. The molecule has 0 saturated carbocycles. The molecular weight excluding hydrogens is 395 g/mol. The average Bonchev–Trinajstić information content (AvgIpc) is 2.67. The topological polar surface area (TPSA) is 104 Å². The SMILES string of the molecule is NC/C=C(\[NH3+])NCCCNc1nc(-c2ccc(Cl)cc2Cl)nc2ccccc12. The Kier molecular flexibility index (Phi) is 7.06. The molecule has 0 aliphatic heterocycles. The van der Waals surface area contributed by atoms with E-state index < -0.39 is 0 Å². The molecular formula is C20H23Cl2N6+. The van der Waals surface area contributed by atoms with Crippen LogP contribution in [0.4, 0.5) is 5.82 Å². The maximum absolute atomic E-state index is 6.36. The number of hydrogen-bond donors (Lipinski definition) is 4. The smallest absolute Gasteiger partial charge is 0.193 e. The molecule has 1 heterocycles. The number of hydrogen-bond acceptors (Lipinski definition) is 5. The van der Waals surface area contributed by atoms with Gasteiger partial charge in [-0.1, -0.05) is 35.3 Å². The minimum Gasteiger partial charge on any atom is -0.369 e. The number of fused-ring (bicyclic) bond motifs is 1. The van der Waals surface area contributed by atoms with E-state index in [1.807, 2.05) is 36.4 Å². The van der Waals surface area contributed by atoms with Gasteiger partial charge in [0.15, 0.2) is 11.6 Å². The van der Waals surface area contributed by atoms with Crippen LogP contribution >= 0.6 is 23.2 Å². The summed E-state index contributed by atoms with van der Waals surface area (Å²) in [5.74, 6) is 2.18. The lowest BCUT2D eigenvalue weighted by molar-refractivity contribution is -0.312. The van der Waals surface area contributed by atoms with E-state index in [-0.39, 0.29) is 0 Å². The molecule has 0 atom stereocenters. The van der Waals surface area contributed by atoms with E-state index in [1.54, 1.807) is 12.1 Å². The van der Waals surface area contributed by atoms with Gasteiger partial charge in [-0.15, -0.1) is 0 Å². The standard InChI is InChI=1S/C20H22Cl2N6/c21-13-6-7-14(16(22)12-13)20-27-17-5-2-1-4-15(17)19(28-20)26-11-3-10-25-18(24)8-9-23/h1-2,4-8,12,25H,3,9-11,23-24H2,(H,26,27,28)/p+1/b18-8+. The Bertz CT molecular complexity index is 990. The van der Waals surface area contributed by atoms with Crippen LogP contribution in [0.25, 0.3) is 22.3 Å². The van der Waals surface area contributed by atoms with Gasteiger partial charge in [-0.3, -0.25) is 0 Å². The first-order chi connectivity index (χ1) is 13.6. The number of rotatable bonds is 8. The normalized spacial score (nSPS) is 11.6. The number of nitrogens with one attached hydrogen (secondary N) is 2. The minimum absolute atomic E-state index is 0.479. The van der Waals surface area contributed by atoms with Crippen LogP contribution in [-0.2, 0) is 0 Å². The second-order valence-electron chi connectivity index (χ2n) is 6.21. The summed E-state index contributed by atoms with van der Waals surface area (Å²) in [5, 5.41) is 8.70. The molecule has 1 aromatic heterocycles. The zero-order chi connectivity index (χ0) is 19.9. The highest BCUT2D eigenvalue weighted by molar-refractivity contribution is 6.36. The fourth-order valence-corrected chi connectivity index (χ4v) is 3.25. The fourth-order valence-electron chi connectivity index (χ4n) is 2.76. The molecule has 7 N–H and O–H groups in total. The average molecular weight is 418 g/mol. The molecule has 0 saturated heterocycles. The van der Waals surface area contributed by atoms with Gasteiger partial charge in [0.05, 0.1) is 10.5 Å². The van der Waals surface area contributed by atoms with Crippen molar-refractivity contribution in [3.8, 4) is 11.4 Å². The largest absolute Gasteiger partial charge is 0.369 e. The van der Waals surface area contributed by atoms with Gasteiger partial charge in [-0.25, -0.2) is 9.97 Å². The summed E-state index contributed by atoms with van der Waals surface area (Å²) in [6, 6.07) is 13.2. The van der Waals surface area contributed by atoms with Crippen molar-refractivity contribution in [2.24, 2.45) is 5.73 Å². The van der Waals surface area contributed by atoms with E-state index >= 15 is 0 Å². The first-order valence-corrected chi connectivity index (χ1v) is 9.76. The van der Waals surface area contributed by atoms with Crippen LogP contribution in [0, 0.1) is 0 Å². The van der Waals surface area contributed by atoms with Gasteiger partial charge in [0.2, 0.25) is 0 Å². The second-order valence-corrected chi connectivity index (χ2v) is 7.05. The van der Waals surface area contributed by atoms with E-state index in [0.29, 0.717) is 22.4 Å². The Balaban J connectivity index is 1.80. The highest BCUT2D eigenvalue weighted by Gasteiger charge is 2.12. The number of para-hydroxylation sites is 1. The summed E-state index contributed by atoms with van der Waals surface area (Å²) in [5.41, 5.74) is 11.0. The van der Waals surface area contributed by atoms with Crippen LogP contribution in [0.3, 0.4) is 0 Å². The molecule has 0 aliphatic rings. The second kappa shape index (κ2) is 9.71. The molecule has 3 rings (SSSR count). The van der Waals surface area contributed by atoms with Gasteiger partial charge in [0.25, 0.3) is 0 Å². The molecule has 0 bridgehead atoms. The molecule has 0 aliphatic carbocycles. The van der Waals surface area contributed by atoms with Crippen molar-refractivity contribution < 1.29 is 5.73 Å². The van der Waals surface area contributed by atoms with Crippen LogP contribution in [0.15, 0.2) is 54.4 Å². The first kappa shape index (κ1) is 20.4. The predicted molar refractivity (Wildman–Crippen MR) is 116 cm³/mol. The summed E-state index contributed by atoms with van der Waals surface area (Å²) in [6.45, 7) is 2.02. The van der Waals surface area contributed by atoms with E-state index in [0.717, 1.165) is 47.6 Å². The summed E-state index contributed by atoms with van der Waals surface area (Å²) in [7, 11) is 0. The third-order valence-electron chi connectivity index (χ3n) is 4.14. The van der Waals surface area contributed by atoms with Crippen molar-refractivity contribution in [2.75, 3.05) is 25.0 Å². The number of nitrogens with two attached hydrogens (primary N) is 1. The zero-order valence-corrected chi connectivity index (χ0v) is 16.9. The predicted octanol–water partition coefficient (Wildman–Crippen LogP) is 3.04. The van der Waals surface area contributed by atoms with Crippen LogP contribution in [-0.4, -0.2) is 29.6 Å². The molecule has 0 amide bonds. The zero-order valence-electron chi connectivity index (χ0n) is 15.4. The number of benzene rings is 2. The summed E-state index contributed by atoms with van der Waals surface area (Å²) >= 11 is 12.4. The Labute approximate surface area is 173 Å². The van der Waals surface area contributed by atoms with Gasteiger partial charge in [-0.2, -0.15) is 0 Å². The maximum Gasteiger partial charge on any atom is 0.193 e. The molecule has 0 spiro atoms. The van der Waals surface area contributed by atoms with Crippen molar-refractivity contribution in [3.63, 3.8) is 0 Å². The molecule has 0 unspecified atom stereocenters. The molecule has 0 fully saturated rings. The van der Waals surface area contributed by atoms with Crippen LogP contribution in [0.2, 0.25) is 10.0 Å². The van der Waals surface area contributed by atoms with Gasteiger partial charge in [-0.05, 0) is 36.8 Å². The molecule has 6 nitrogen and oxygen atoms in total. The Morgan fingerprint density at radius 2 is 1.93 bits per heavy atom. The number of quaternary nitrogens is 1. The molecule has 2 aromatic carbocycles. The van der Waals surface area contributed by atoms with E-state index in [2.05, 4.69) is 21.4 Å². The summed E-state index contributed by atoms with van der Waals surface area (Å²) in [4.78, 5) is 9.38. The molecule has 0 radical (unpaired) electrons. The Hall–Kier alpha value is -2.38. The summed E-state index contributed by atoms with van der Waals surface area (Å²) < 4.78 is 0. The molecule has 28 heavy (non-hydrogen) atoms. The molecule has 8 heteroatoms. The third kappa shape index (κ3) is 5.11. The lowest BCUT2D eigenvalue weighted by Gasteiger charge is -2.12. The van der Waals surface area contributed by atoms with E-state index in [4.69, 9.17) is 33.9 Å². The molecule has 146 valence electrons. The van der Waals surface area contributed by atoms with Gasteiger partial charge < -0.3 is 22.1 Å². The number of nitrogens with zero attached hydrogens (tertiary/aromatic N) is 2. The maximum atomic E-state index is 6.36. The number of halogens is 2. The van der Waals surface area contributed by atoms with E-state index in [1.165, 1.54) is 0 Å². The fraction of sp³-hybridized carbons (Fsp3) is 0.200. The van der Waals surface area contributed by atoms with Crippen molar-refractivity contribution in [1.29, 1.82) is 0 Å². The van der Waals surface area contributed by atoms with Crippen LogP contribution in [0.5, 0.6) is 0 Å². The van der Waals surface area contributed by atoms with Gasteiger partial charge in [0, 0.05) is 41.7 Å². The van der Waals surface area contributed by atoms with Crippen LogP contribution < -0.4 is 22.1 Å². The Morgan fingerprint density at radius 1 is 1.11 bits per heavy atom. The van der Waals surface area contributed by atoms with Crippen molar-refractivity contribution >= 4 is 39.9 Å². The Morgan fingerprint density at radius 3 is 2.71 bits per heavy atom. The van der Waals surface area contributed by atoms with Gasteiger partial charge in [0.1, 0.15) is 5.82 Å². The third-order valence-corrected chi connectivity index (χ3v) is 4.69. The highest BCUT2D eigenvalue weighted by Crippen LogP contribution is 2.31. The van der Waals surface area contributed by atoms with Crippen molar-refractivity contribution in [1.82, 2.24) is 15.3 Å².